The Labute approximate surface area is 109 Å². The van der Waals surface area contributed by atoms with Crippen LogP contribution in [0.5, 0.6) is 0 Å². The monoisotopic (exact) mass is 249 g/mol. The van der Waals surface area contributed by atoms with Gasteiger partial charge < -0.3 is 15.5 Å². The third-order valence-electron chi connectivity index (χ3n) is 2.84. The van der Waals surface area contributed by atoms with Crippen LogP contribution in [0, 0.1) is 0 Å². The number of amides is 1. The van der Waals surface area contributed by atoms with Crippen molar-refractivity contribution in [3.05, 3.63) is 30.3 Å². The van der Waals surface area contributed by atoms with Gasteiger partial charge in [-0.3, -0.25) is 4.79 Å². The topological polar surface area (TPSA) is 44.4 Å². The van der Waals surface area contributed by atoms with E-state index in [-0.39, 0.29) is 5.91 Å². The number of para-hydroxylation sites is 1. The van der Waals surface area contributed by atoms with Gasteiger partial charge in [0.1, 0.15) is 0 Å². The molecular formula is C14H23N3O. The Kier molecular flexibility index (Phi) is 7.06. The third-order valence-corrected chi connectivity index (χ3v) is 2.84. The molecule has 0 aliphatic heterocycles. The molecule has 1 rings (SSSR count). The maximum atomic E-state index is 11.6. The van der Waals surface area contributed by atoms with Gasteiger partial charge in [0.05, 0.1) is 6.54 Å². The number of hydrogen-bond donors (Lipinski definition) is 2. The van der Waals surface area contributed by atoms with E-state index in [9.17, 15) is 4.79 Å². The number of nitrogens with one attached hydrogen (secondary N) is 2. The van der Waals surface area contributed by atoms with Crippen molar-refractivity contribution in [3.63, 3.8) is 0 Å². The molecule has 1 aromatic carbocycles. The molecule has 0 saturated heterocycles. The molecule has 0 aliphatic carbocycles. The van der Waals surface area contributed by atoms with Crippen LogP contribution in [-0.4, -0.2) is 43.5 Å². The van der Waals surface area contributed by atoms with Gasteiger partial charge in [0.2, 0.25) is 5.91 Å². The number of likely N-dealkylation sites (N-methyl/N-ethyl adjacent to an activating group) is 1. The van der Waals surface area contributed by atoms with Crippen molar-refractivity contribution in [1.29, 1.82) is 0 Å². The number of carbonyl (C=O) groups excluding carboxylic acids is 1. The zero-order valence-electron chi connectivity index (χ0n) is 11.3. The Balaban J connectivity index is 2.14. The normalized spacial score (nSPS) is 10.6. The minimum atomic E-state index is 0.000692. The third kappa shape index (κ3) is 5.80. The van der Waals surface area contributed by atoms with Gasteiger partial charge in [0, 0.05) is 18.8 Å². The zero-order valence-corrected chi connectivity index (χ0v) is 11.3. The largest absolute Gasteiger partial charge is 0.325 e. The summed E-state index contributed by atoms with van der Waals surface area (Å²) in [6.07, 6.45) is 0. The van der Waals surface area contributed by atoms with Gasteiger partial charge in [-0.1, -0.05) is 32.0 Å². The second kappa shape index (κ2) is 8.66. The van der Waals surface area contributed by atoms with Gasteiger partial charge in [-0.25, -0.2) is 0 Å². The molecule has 100 valence electrons. The lowest BCUT2D eigenvalue weighted by molar-refractivity contribution is -0.115. The van der Waals surface area contributed by atoms with Gasteiger partial charge in [-0.15, -0.1) is 0 Å². The van der Waals surface area contributed by atoms with Crippen molar-refractivity contribution in [1.82, 2.24) is 10.2 Å². The van der Waals surface area contributed by atoms with E-state index in [0.29, 0.717) is 6.54 Å². The highest BCUT2D eigenvalue weighted by Crippen LogP contribution is 2.03. The highest BCUT2D eigenvalue weighted by molar-refractivity contribution is 5.92. The van der Waals surface area contributed by atoms with E-state index in [1.165, 1.54) is 0 Å². The number of anilines is 1. The lowest BCUT2D eigenvalue weighted by atomic mass is 10.3. The van der Waals surface area contributed by atoms with Gasteiger partial charge in [0.15, 0.2) is 0 Å². The molecule has 0 aromatic heterocycles. The molecule has 0 spiro atoms. The van der Waals surface area contributed by atoms with E-state index >= 15 is 0 Å². The average molecular weight is 249 g/mol. The number of benzene rings is 1. The smallest absolute Gasteiger partial charge is 0.238 e. The Morgan fingerprint density at radius 2 is 1.83 bits per heavy atom. The van der Waals surface area contributed by atoms with Gasteiger partial charge >= 0.3 is 0 Å². The van der Waals surface area contributed by atoms with Crippen molar-refractivity contribution >= 4 is 11.6 Å². The van der Waals surface area contributed by atoms with Crippen LogP contribution in [0.3, 0.4) is 0 Å². The SMILES string of the molecule is CCN(CC)CCNCC(=O)Nc1ccccc1. The van der Waals surface area contributed by atoms with Crippen molar-refractivity contribution < 1.29 is 4.79 Å². The predicted octanol–water partition coefficient (Wildman–Crippen LogP) is 1.56. The fraction of sp³-hybridized carbons (Fsp3) is 0.500. The van der Waals surface area contributed by atoms with E-state index in [4.69, 9.17) is 0 Å². The van der Waals surface area contributed by atoms with Crippen molar-refractivity contribution in [2.45, 2.75) is 13.8 Å². The first-order valence-electron chi connectivity index (χ1n) is 6.54. The van der Waals surface area contributed by atoms with Crippen LogP contribution in [0.2, 0.25) is 0 Å². The molecule has 4 heteroatoms. The summed E-state index contributed by atoms with van der Waals surface area (Å²) in [6.45, 7) is 8.56. The molecule has 0 heterocycles. The highest BCUT2D eigenvalue weighted by atomic mass is 16.1. The number of nitrogens with zero attached hydrogens (tertiary/aromatic N) is 1. The zero-order chi connectivity index (χ0) is 13.2. The minimum absolute atomic E-state index is 0.000692. The molecule has 0 bridgehead atoms. The summed E-state index contributed by atoms with van der Waals surface area (Å²) < 4.78 is 0. The first-order valence-corrected chi connectivity index (χ1v) is 6.54. The summed E-state index contributed by atoms with van der Waals surface area (Å²) in [7, 11) is 0. The summed E-state index contributed by atoms with van der Waals surface area (Å²) in [5.41, 5.74) is 0.841. The maximum Gasteiger partial charge on any atom is 0.238 e. The first kappa shape index (κ1) is 14.7. The molecule has 1 aromatic rings. The summed E-state index contributed by atoms with van der Waals surface area (Å²) in [4.78, 5) is 13.9. The van der Waals surface area contributed by atoms with Gasteiger partial charge in [-0.05, 0) is 25.2 Å². The Morgan fingerprint density at radius 3 is 2.44 bits per heavy atom. The Hall–Kier alpha value is -1.39. The average Bonchev–Trinajstić information content (AvgIpc) is 2.40. The summed E-state index contributed by atoms with van der Waals surface area (Å²) >= 11 is 0. The van der Waals surface area contributed by atoms with Crippen LogP contribution in [0.4, 0.5) is 5.69 Å². The fourth-order valence-electron chi connectivity index (χ4n) is 1.71. The van der Waals surface area contributed by atoms with Crippen LogP contribution < -0.4 is 10.6 Å². The molecule has 0 radical (unpaired) electrons. The van der Waals surface area contributed by atoms with Gasteiger partial charge in [-0.2, -0.15) is 0 Å². The van der Waals surface area contributed by atoms with Crippen LogP contribution in [0.25, 0.3) is 0 Å². The second-order valence-electron chi connectivity index (χ2n) is 4.12. The van der Waals surface area contributed by atoms with Gasteiger partial charge in [0.25, 0.3) is 0 Å². The summed E-state index contributed by atoms with van der Waals surface area (Å²) in [5, 5.41) is 5.99. The molecule has 0 unspecified atom stereocenters. The molecular weight excluding hydrogens is 226 g/mol. The Morgan fingerprint density at radius 1 is 1.17 bits per heavy atom. The van der Waals surface area contributed by atoms with E-state index in [1.54, 1.807) is 0 Å². The van der Waals surface area contributed by atoms with Crippen molar-refractivity contribution in [3.8, 4) is 0 Å². The number of rotatable bonds is 8. The predicted molar refractivity (Wildman–Crippen MR) is 75.7 cm³/mol. The minimum Gasteiger partial charge on any atom is -0.325 e. The maximum absolute atomic E-state index is 11.6. The Bertz CT molecular complexity index is 336. The first-order chi connectivity index (χ1) is 8.76. The fourth-order valence-corrected chi connectivity index (χ4v) is 1.71. The molecule has 2 N–H and O–H groups in total. The molecule has 4 nitrogen and oxygen atoms in total. The quantitative estimate of drug-likeness (QED) is 0.687. The number of hydrogen-bond acceptors (Lipinski definition) is 3. The van der Waals surface area contributed by atoms with Crippen molar-refractivity contribution in [2.75, 3.05) is 38.0 Å². The van der Waals surface area contributed by atoms with E-state index in [1.807, 2.05) is 30.3 Å². The van der Waals surface area contributed by atoms with E-state index in [0.717, 1.165) is 31.9 Å². The molecule has 0 atom stereocenters. The van der Waals surface area contributed by atoms with Crippen LogP contribution in [0.1, 0.15) is 13.8 Å². The lowest BCUT2D eigenvalue weighted by Gasteiger charge is -2.17. The van der Waals surface area contributed by atoms with Crippen LogP contribution in [-0.2, 0) is 4.79 Å². The molecule has 0 aliphatic rings. The lowest BCUT2D eigenvalue weighted by Crippen LogP contribution is -2.35. The van der Waals surface area contributed by atoms with Crippen LogP contribution >= 0.6 is 0 Å². The molecule has 0 fully saturated rings. The summed E-state index contributed by atoms with van der Waals surface area (Å²) in [6, 6.07) is 9.51. The van der Waals surface area contributed by atoms with Crippen molar-refractivity contribution in [2.24, 2.45) is 0 Å². The van der Waals surface area contributed by atoms with E-state index < -0.39 is 0 Å². The standard InChI is InChI=1S/C14H23N3O/c1-3-17(4-2)11-10-15-12-14(18)16-13-8-6-5-7-9-13/h5-9,15H,3-4,10-12H2,1-2H3,(H,16,18). The highest BCUT2D eigenvalue weighted by Gasteiger charge is 2.02. The molecule has 1 amide bonds. The number of carbonyl (C=O) groups is 1. The van der Waals surface area contributed by atoms with E-state index in [2.05, 4.69) is 29.4 Å². The summed E-state index contributed by atoms with van der Waals surface area (Å²) in [5.74, 6) is 0.000692. The molecule has 18 heavy (non-hydrogen) atoms. The molecule has 0 saturated carbocycles. The van der Waals surface area contributed by atoms with Crippen LogP contribution in [0.15, 0.2) is 30.3 Å². The second-order valence-corrected chi connectivity index (χ2v) is 4.12.